The first kappa shape index (κ1) is 15.9. The van der Waals surface area contributed by atoms with E-state index in [1.807, 2.05) is 18.2 Å². The fourth-order valence-electron chi connectivity index (χ4n) is 1.94. The second kappa shape index (κ2) is 8.07. The molecule has 116 valence electrons. The van der Waals surface area contributed by atoms with Gasteiger partial charge in [0.1, 0.15) is 12.4 Å². The monoisotopic (exact) mass is 314 g/mol. The minimum atomic E-state index is -0.406. The number of methoxy groups -OCH3 is 1. The summed E-state index contributed by atoms with van der Waals surface area (Å²) in [5, 5.41) is 6.46. The lowest BCUT2D eigenvalue weighted by Gasteiger charge is -2.15. The Kier molecular flexibility index (Phi) is 6.10. The molecular weight excluding hydrogens is 296 g/mol. The normalized spacial score (nSPS) is 17.4. The number of ether oxygens (including phenoxy) is 3. The first-order valence-electron chi connectivity index (χ1n) is 6.75. The second-order valence-electron chi connectivity index (χ2n) is 4.61. The highest BCUT2D eigenvalue weighted by molar-refractivity contribution is 6.31. The van der Waals surface area contributed by atoms with Crippen LogP contribution in [0.5, 0.6) is 5.75 Å². The van der Waals surface area contributed by atoms with E-state index in [9.17, 15) is 4.79 Å². The summed E-state index contributed by atoms with van der Waals surface area (Å²) in [4.78, 5) is 11.0. The summed E-state index contributed by atoms with van der Waals surface area (Å²) >= 11 is 6.21. The number of alkyl carbamates (subject to hydrolysis) is 1. The highest BCUT2D eigenvalue weighted by atomic mass is 35.5. The van der Waals surface area contributed by atoms with E-state index in [0.29, 0.717) is 37.1 Å². The van der Waals surface area contributed by atoms with Crippen LogP contribution in [0.15, 0.2) is 18.2 Å². The number of hydrogen-bond acceptors (Lipinski definition) is 5. The van der Waals surface area contributed by atoms with E-state index < -0.39 is 6.09 Å². The van der Waals surface area contributed by atoms with Gasteiger partial charge >= 0.3 is 6.09 Å². The van der Waals surface area contributed by atoms with E-state index >= 15 is 0 Å². The zero-order chi connectivity index (χ0) is 15.1. The van der Waals surface area contributed by atoms with E-state index in [-0.39, 0.29) is 6.10 Å². The number of benzene rings is 1. The van der Waals surface area contributed by atoms with Gasteiger partial charge in [0.2, 0.25) is 0 Å². The van der Waals surface area contributed by atoms with Gasteiger partial charge < -0.3 is 24.8 Å². The quantitative estimate of drug-likeness (QED) is 0.713. The van der Waals surface area contributed by atoms with Crippen molar-refractivity contribution in [2.75, 3.05) is 33.4 Å². The molecule has 0 aromatic heterocycles. The van der Waals surface area contributed by atoms with Crippen LogP contribution in [0.1, 0.15) is 5.56 Å². The zero-order valence-electron chi connectivity index (χ0n) is 11.9. The van der Waals surface area contributed by atoms with Gasteiger partial charge in [-0.25, -0.2) is 4.79 Å². The number of nitrogens with one attached hydrogen (secondary N) is 2. The molecule has 1 amide bonds. The van der Waals surface area contributed by atoms with Gasteiger partial charge in [-0.15, -0.1) is 0 Å². The van der Waals surface area contributed by atoms with Gasteiger partial charge in [0.05, 0.1) is 13.2 Å². The molecule has 0 radical (unpaired) electrons. The Morgan fingerprint density at radius 2 is 2.38 bits per heavy atom. The predicted molar refractivity (Wildman–Crippen MR) is 78.8 cm³/mol. The molecule has 1 aliphatic rings. The van der Waals surface area contributed by atoms with Gasteiger partial charge in [0.15, 0.2) is 6.10 Å². The molecule has 0 bridgehead atoms. The first-order chi connectivity index (χ1) is 10.2. The smallest absolute Gasteiger partial charge is 0.407 e. The molecule has 7 heteroatoms. The molecule has 1 fully saturated rings. The van der Waals surface area contributed by atoms with Crippen LogP contribution in [-0.2, 0) is 16.0 Å². The van der Waals surface area contributed by atoms with E-state index in [2.05, 4.69) is 10.6 Å². The lowest BCUT2D eigenvalue weighted by molar-refractivity contribution is 0.104. The summed E-state index contributed by atoms with van der Waals surface area (Å²) in [6, 6.07) is 5.50. The summed E-state index contributed by atoms with van der Waals surface area (Å²) in [6.07, 6.45) is -0.679. The largest absolute Gasteiger partial charge is 0.489 e. The maximum Gasteiger partial charge on any atom is 0.407 e. The van der Waals surface area contributed by atoms with Crippen LogP contribution in [0.25, 0.3) is 0 Å². The standard InChI is InChI=1S/C14H19ClN2O4/c1-19-6-5-16-8-11-12(15)3-2-4-13(11)20-9-10-7-17-14(18)21-10/h2-4,10,16H,5-9H2,1H3,(H,17,18). The third-order valence-corrected chi connectivity index (χ3v) is 3.39. The Bertz CT molecular complexity index is 484. The molecule has 0 spiro atoms. The van der Waals surface area contributed by atoms with E-state index in [1.54, 1.807) is 7.11 Å². The zero-order valence-corrected chi connectivity index (χ0v) is 12.6. The van der Waals surface area contributed by atoms with E-state index in [1.165, 1.54) is 0 Å². The summed E-state index contributed by atoms with van der Waals surface area (Å²) in [5.74, 6) is 0.690. The molecule has 2 rings (SSSR count). The number of carbonyl (C=O) groups is 1. The molecule has 1 aromatic carbocycles. The van der Waals surface area contributed by atoms with Gasteiger partial charge in [-0.2, -0.15) is 0 Å². The van der Waals surface area contributed by atoms with Crippen LogP contribution in [0.4, 0.5) is 4.79 Å². The highest BCUT2D eigenvalue weighted by Crippen LogP contribution is 2.26. The van der Waals surface area contributed by atoms with Crippen molar-refractivity contribution >= 4 is 17.7 Å². The molecular formula is C14H19ClN2O4. The molecule has 1 unspecified atom stereocenters. The fraction of sp³-hybridized carbons (Fsp3) is 0.500. The van der Waals surface area contributed by atoms with Gasteiger partial charge in [-0.1, -0.05) is 17.7 Å². The number of amides is 1. The lowest BCUT2D eigenvalue weighted by atomic mass is 10.2. The third kappa shape index (κ3) is 4.77. The molecule has 1 heterocycles. The molecule has 2 N–H and O–H groups in total. The summed E-state index contributed by atoms with van der Waals surface area (Å²) in [7, 11) is 1.66. The van der Waals surface area contributed by atoms with Crippen LogP contribution in [0, 0.1) is 0 Å². The van der Waals surface area contributed by atoms with Crippen molar-refractivity contribution in [1.29, 1.82) is 0 Å². The summed E-state index contributed by atoms with van der Waals surface area (Å²) < 4.78 is 15.7. The number of carbonyl (C=O) groups excluding carboxylic acids is 1. The van der Waals surface area contributed by atoms with Gasteiger partial charge in [-0.3, -0.25) is 0 Å². The maximum atomic E-state index is 11.0. The van der Waals surface area contributed by atoms with Crippen molar-refractivity contribution < 1.29 is 19.0 Å². The van der Waals surface area contributed by atoms with Crippen molar-refractivity contribution in [3.8, 4) is 5.75 Å². The lowest BCUT2D eigenvalue weighted by Crippen LogP contribution is -2.23. The third-order valence-electron chi connectivity index (χ3n) is 3.03. The maximum absolute atomic E-state index is 11.0. The van der Waals surface area contributed by atoms with Gasteiger partial charge in [-0.05, 0) is 12.1 Å². The van der Waals surface area contributed by atoms with Crippen molar-refractivity contribution in [2.24, 2.45) is 0 Å². The molecule has 6 nitrogen and oxygen atoms in total. The van der Waals surface area contributed by atoms with Gasteiger partial charge in [0.25, 0.3) is 0 Å². The van der Waals surface area contributed by atoms with Crippen LogP contribution >= 0.6 is 11.6 Å². The van der Waals surface area contributed by atoms with Gasteiger partial charge in [0, 0.05) is 30.8 Å². The average molecular weight is 315 g/mol. The van der Waals surface area contributed by atoms with Crippen molar-refractivity contribution in [3.05, 3.63) is 28.8 Å². The predicted octanol–water partition coefficient (Wildman–Crippen LogP) is 1.56. The Morgan fingerprint density at radius 3 is 3.10 bits per heavy atom. The Labute approximate surface area is 128 Å². The topological polar surface area (TPSA) is 68.8 Å². The molecule has 1 aromatic rings. The number of hydrogen-bond donors (Lipinski definition) is 2. The molecule has 1 atom stereocenters. The number of rotatable bonds is 8. The minimum absolute atomic E-state index is 0.272. The minimum Gasteiger partial charge on any atom is -0.489 e. The van der Waals surface area contributed by atoms with Crippen LogP contribution in [0.2, 0.25) is 5.02 Å². The molecule has 0 saturated carbocycles. The number of halogens is 1. The van der Waals surface area contributed by atoms with Crippen LogP contribution < -0.4 is 15.4 Å². The van der Waals surface area contributed by atoms with Crippen molar-refractivity contribution in [1.82, 2.24) is 10.6 Å². The number of cyclic esters (lactones) is 1. The molecule has 0 aliphatic carbocycles. The summed E-state index contributed by atoms with van der Waals surface area (Å²) in [5.41, 5.74) is 0.882. The summed E-state index contributed by atoms with van der Waals surface area (Å²) in [6.45, 7) is 2.70. The molecule has 21 heavy (non-hydrogen) atoms. The first-order valence-corrected chi connectivity index (χ1v) is 7.13. The fourth-order valence-corrected chi connectivity index (χ4v) is 2.17. The van der Waals surface area contributed by atoms with Crippen molar-refractivity contribution in [2.45, 2.75) is 12.6 Å². The highest BCUT2D eigenvalue weighted by Gasteiger charge is 2.23. The Hall–Kier alpha value is -1.50. The average Bonchev–Trinajstić information content (AvgIpc) is 2.89. The van der Waals surface area contributed by atoms with E-state index in [0.717, 1.165) is 12.1 Å². The van der Waals surface area contributed by atoms with Crippen LogP contribution in [-0.4, -0.2) is 45.6 Å². The Balaban J connectivity index is 1.91. The molecule has 1 aliphatic heterocycles. The SMILES string of the molecule is COCCNCc1c(Cl)cccc1OCC1CNC(=O)O1. The Morgan fingerprint density at radius 1 is 1.52 bits per heavy atom. The second-order valence-corrected chi connectivity index (χ2v) is 5.01. The van der Waals surface area contributed by atoms with Crippen LogP contribution in [0.3, 0.4) is 0 Å². The van der Waals surface area contributed by atoms with Crippen molar-refractivity contribution in [3.63, 3.8) is 0 Å². The molecule has 1 saturated heterocycles. The van der Waals surface area contributed by atoms with E-state index in [4.69, 9.17) is 25.8 Å².